The summed E-state index contributed by atoms with van der Waals surface area (Å²) in [5.74, 6) is 0.0271. The first-order valence-corrected chi connectivity index (χ1v) is 10.4. The molecule has 0 bridgehead atoms. The van der Waals surface area contributed by atoms with E-state index >= 15 is 0 Å². The lowest BCUT2D eigenvalue weighted by atomic mass is 10.1. The normalized spacial score (nSPS) is 19.5. The van der Waals surface area contributed by atoms with Gasteiger partial charge in [0.15, 0.2) is 5.69 Å². The Hall–Kier alpha value is -2.25. The highest BCUT2D eigenvalue weighted by molar-refractivity contribution is 5.93. The fourth-order valence-corrected chi connectivity index (χ4v) is 4.26. The summed E-state index contributed by atoms with van der Waals surface area (Å²) in [5, 5.41) is 12.0. The van der Waals surface area contributed by atoms with E-state index in [1.807, 2.05) is 22.6 Å². The van der Waals surface area contributed by atoms with Crippen LogP contribution in [0.1, 0.15) is 47.1 Å². The number of hydrogen-bond donors (Lipinski definition) is 1. The second-order valence-electron chi connectivity index (χ2n) is 7.86. The third kappa shape index (κ3) is 4.25. The Bertz CT molecular complexity index is 783. The fourth-order valence-electron chi connectivity index (χ4n) is 4.26. The minimum absolute atomic E-state index is 0.0271. The molecule has 1 N–H and O–H groups in total. The number of carbonyl (C=O) groups is 1. The molecule has 2 saturated heterocycles. The van der Waals surface area contributed by atoms with Crippen LogP contribution in [0.3, 0.4) is 0 Å². The molecule has 1 aromatic heterocycles. The van der Waals surface area contributed by atoms with Crippen molar-refractivity contribution in [1.29, 1.82) is 0 Å². The lowest BCUT2D eigenvalue weighted by Gasteiger charge is -2.24. The van der Waals surface area contributed by atoms with Crippen molar-refractivity contribution in [3.05, 3.63) is 47.3 Å². The molecule has 4 rings (SSSR count). The summed E-state index contributed by atoms with van der Waals surface area (Å²) < 4.78 is 1.97. The first-order valence-electron chi connectivity index (χ1n) is 10.4. The average molecular weight is 383 g/mol. The first kappa shape index (κ1) is 19.1. The Kier molecular flexibility index (Phi) is 6.02. The van der Waals surface area contributed by atoms with Gasteiger partial charge < -0.3 is 10.2 Å². The number of nitrogens with one attached hydrogen (secondary N) is 1. The maximum atomic E-state index is 13.1. The number of rotatable bonds is 4. The first-order chi connectivity index (χ1) is 13.7. The number of hydrogen-bond acceptors (Lipinski definition) is 5. The zero-order valence-electron chi connectivity index (χ0n) is 16.7. The molecule has 3 heterocycles. The van der Waals surface area contributed by atoms with Crippen LogP contribution >= 0.6 is 0 Å². The predicted molar refractivity (Wildman–Crippen MR) is 108 cm³/mol. The molecular formula is C21H30N6O. The third-order valence-electron chi connectivity index (χ3n) is 5.91. The second kappa shape index (κ2) is 8.84. The Morgan fingerprint density at radius 3 is 2.68 bits per heavy atom. The highest BCUT2D eigenvalue weighted by Gasteiger charge is 2.27. The predicted octanol–water partition coefficient (Wildman–Crippen LogP) is 1.86. The van der Waals surface area contributed by atoms with Crippen molar-refractivity contribution >= 4 is 5.91 Å². The summed E-state index contributed by atoms with van der Waals surface area (Å²) in [4.78, 5) is 17.5. The van der Waals surface area contributed by atoms with Gasteiger partial charge in [-0.2, -0.15) is 0 Å². The number of piperidine rings is 1. The Morgan fingerprint density at radius 2 is 1.89 bits per heavy atom. The molecule has 0 aliphatic carbocycles. The number of aromatic nitrogens is 3. The van der Waals surface area contributed by atoms with Gasteiger partial charge in [0.2, 0.25) is 0 Å². The van der Waals surface area contributed by atoms with E-state index in [1.54, 1.807) is 0 Å². The van der Waals surface area contributed by atoms with E-state index in [0.717, 1.165) is 70.8 Å². The molecule has 7 heteroatoms. The Labute approximate surface area is 166 Å². The van der Waals surface area contributed by atoms with Crippen LogP contribution in [-0.2, 0) is 6.54 Å². The van der Waals surface area contributed by atoms with Crippen LogP contribution in [0.25, 0.3) is 0 Å². The quantitative estimate of drug-likeness (QED) is 0.874. The van der Waals surface area contributed by atoms with Crippen molar-refractivity contribution in [3.63, 3.8) is 0 Å². The summed E-state index contributed by atoms with van der Waals surface area (Å²) in [5.41, 5.74) is 2.75. The van der Waals surface area contributed by atoms with Crippen LogP contribution in [0.4, 0.5) is 0 Å². The average Bonchev–Trinajstić information content (AvgIpc) is 2.96. The molecule has 2 aliphatic heterocycles. The zero-order valence-corrected chi connectivity index (χ0v) is 16.7. The lowest BCUT2D eigenvalue weighted by molar-refractivity contribution is 0.0754. The van der Waals surface area contributed by atoms with Crippen LogP contribution in [0.2, 0.25) is 0 Å². The molecule has 2 aliphatic rings. The van der Waals surface area contributed by atoms with Gasteiger partial charge in [-0.15, -0.1) is 5.10 Å². The van der Waals surface area contributed by atoms with Gasteiger partial charge in [0.25, 0.3) is 5.91 Å². The summed E-state index contributed by atoms with van der Waals surface area (Å²) in [6.45, 7) is 8.34. The van der Waals surface area contributed by atoms with Crippen LogP contribution in [0.5, 0.6) is 0 Å². The standard InChI is InChI=1S/C21H30N6O/c1-17-20(23-24-27(17)19-8-10-22-11-9-19)21(28)26-13-5-12-25(14-15-26)16-18-6-3-2-4-7-18/h2-4,6-7,19,22H,5,8-16H2,1H3. The van der Waals surface area contributed by atoms with E-state index in [2.05, 4.69) is 44.8 Å². The second-order valence-corrected chi connectivity index (χ2v) is 7.86. The van der Waals surface area contributed by atoms with Gasteiger partial charge in [0.1, 0.15) is 0 Å². The molecule has 150 valence electrons. The van der Waals surface area contributed by atoms with Gasteiger partial charge in [0.05, 0.1) is 11.7 Å². The van der Waals surface area contributed by atoms with E-state index in [9.17, 15) is 4.79 Å². The molecule has 0 radical (unpaired) electrons. The molecule has 0 unspecified atom stereocenters. The van der Waals surface area contributed by atoms with Gasteiger partial charge in [-0.05, 0) is 44.8 Å². The van der Waals surface area contributed by atoms with E-state index in [-0.39, 0.29) is 5.91 Å². The highest BCUT2D eigenvalue weighted by atomic mass is 16.2. The van der Waals surface area contributed by atoms with Crippen molar-refractivity contribution < 1.29 is 4.79 Å². The van der Waals surface area contributed by atoms with Crippen molar-refractivity contribution in [2.75, 3.05) is 39.3 Å². The molecule has 0 saturated carbocycles. The van der Waals surface area contributed by atoms with Gasteiger partial charge >= 0.3 is 0 Å². The van der Waals surface area contributed by atoms with E-state index < -0.39 is 0 Å². The number of nitrogens with zero attached hydrogens (tertiary/aromatic N) is 5. The molecule has 1 amide bonds. The summed E-state index contributed by atoms with van der Waals surface area (Å²) in [6.07, 6.45) is 3.06. The minimum Gasteiger partial charge on any atom is -0.336 e. The van der Waals surface area contributed by atoms with Gasteiger partial charge in [-0.1, -0.05) is 35.5 Å². The molecule has 1 aromatic carbocycles. The van der Waals surface area contributed by atoms with Crippen LogP contribution < -0.4 is 5.32 Å². The summed E-state index contributed by atoms with van der Waals surface area (Å²) in [7, 11) is 0. The fraction of sp³-hybridized carbons (Fsp3) is 0.571. The molecule has 28 heavy (non-hydrogen) atoms. The summed E-state index contributed by atoms with van der Waals surface area (Å²) in [6, 6.07) is 10.9. The van der Waals surface area contributed by atoms with Crippen LogP contribution in [0.15, 0.2) is 30.3 Å². The molecular weight excluding hydrogens is 352 g/mol. The Balaban J connectivity index is 1.39. The number of carbonyl (C=O) groups excluding carboxylic acids is 1. The number of benzene rings is 1. The maximum Gasteiger partial charge on any atom is 0.276 e. The van der Waals surface area contributed by atoms with E-state index in [0.29, 0.717) is 11.7 Å². The zero-order chi connectivity index (χ0) is 19.3. The molecule has 2 aromatic rings. The molecule has 0 atom stereocenters. The van der Waals surface area contributed by atoms with Gasteiger partial charge in [0, 0.05) is 32.7 Å². The minimum atomic E-state index is 0.0271. The van der Waals surface area contributed by atoms with Crippen molar-refractivity contribution in [3.8, 4) is 0 Å². The van der Waals surface area contributed by atoms with Crippen molar-refractivity contribution in [2.45, 2.75) is 38.8 Å². The van der Waals surface area contributed by atoms with E-state index in [1.165, 1.54) is 5.56 Å². The number of amides is 1. The van der Waals surface area contributed by atoms with E-state index in [4.69, 9.17) is 0 Å². The summed E-state index contributed by atoms with van der Waals surface area (Å²) >= 11 is 0. The maximum absolute atomic E-state index is 13.1. The third-order valence-corrected chi connectivity index (χ3v) is 5.91. The van der Waals surface area contributed by atoms with Crippen LogP contribution in [-0.4, -0.2) is 70.0 Å². The van der Waals surface area contributed by atoms with Crippen LogP contribution in [0, 0.1) is 6.92 Å². The molecule has 7 nitrogen and oxygen atoms in total. The van der Waals surface area contributed by atoms with Crippen molar-refractivity contribution in [2.24, 2.45) is 0 Å². The van der Waals surface area contributed by atoms with Gasteiger partial charge in [-0.3, -0.25) is 9.69 Å². The smallest absolute Gasteiger partial charge is 0.276 e. The molecule has 0 spiro atoms. The van der Waals surface area contributed by atoms with Gasteiger partial charge in [-0.25, -0.2) is 4.68 Å². The Morgan fingerprint density at radius 1 is 1.11 bits per heavy atom. The lowest BCUT2D eigenvalue weighted by Crippen LogP contribution is -2.35. The SMILES string of the molecule is Cc1c(C(=O)N2CCCN(Cc3ccccc3)CC2)nnn1C1CCNCC1. The highest BCUT2D eigenvalue weighted by Crippen LogP contribution is 2.21. The topological polar surface area (TPSA) is 66.3 Å². The molecule has 2 fully saturated rings. The largest absolute Gasteiger partial charge is 0.336 e. The van der Waals surface area contributed by atoms with Crippen molar-refractivity contribution in [1.82, 2.24) is 30.1 Å². The monoisotopic (exact) mass is 382 g/mol.